The summed E-state index contributed by atoms with van der Waals surface area (Å²) in [7, 11) is 0. The Kier molecular flexibility index (Phi) is 10.2. The summed E-state index contributed by atoms with van der Waals surface area (Å²) in [5, 5.41) is 9.01. The van der Waals surface area contributed by atoms with E-state index >= 15 is 0 Å². The van der Waals surface area contributed by atoms with Gasteiger partial charge in [0, 0.05) is 19.2 Å². The van der Waals surface area contributed by atoms with Gasteiger partial charge in [0.1, 0.15) is 0 Å². The summed E-state index contributed by atoms with van der Waals surface area (Å²) >= 11 is 0. The molecule has 102 valence electrons. The predicted molar refractivity (Wildman–Crippen MR) is 68.9 cm³/mol. The summed E-state index contributed by atoms with van der Waals surface area (Å²) in [5.41, 5.74) is 0. The summed E-state index contributed by atoms with van der Waals surface area (Å²) < 4.78 is 5.32. The highest BCUT2D eigenvalue weighted by molar-refractivity contribution is 5.76. The average molecular weight is 245 g/mol. The van der Waals surface area contributed by atoms with E-state index in [9.17, 15) is 4.79 Å². The number of aliphatic hydroxyl groups is 1. The number of rotatable bonds is 10. The Balaban J connectivity index is 4.13. The first-order chi connectivity index (χ1) is 8.21. The van der Waals surface area contributed by atoms with Crippen molar-refractivity contribution in [3.05, 3.63) is 0 Å². The number of hydrogen-bond donors (Lipinski definition) is 1. The van der Waals surface area contributed by atoms with Gasteiger partial charge in [-0.15, -0.1) is 0 Å². The van der Waals surface area contributed by atoms with E-state index in [1.54, 1.807) is 4.90 Å². The van der Waals surface area contributed by atoms with Gasteiger partial charge in [0.05, 0.1) is 19.6 Å². The zero-order valence-electron chi connectivity index (χ0n) is 11.4. The van der Waals surface area contributed by atoms with Crippen LogP contribution in [0.15, 0.2) is 0 Å². The van der Waals surface area contributed by atoms with E-state index in [1.165, 1.54) is 0 Å². The van der Waals surface area contributed by atoms with Crippen LogP contribution in [0.5, 0.6) is 0 Å². The van der Waals surface area contributed by atoms with Crippen LogP contribution in [-0.2, 0) is 9.53 Å². The lowest BCUT2D eigenvalue weighted by atomic mass is 10.1. The Labute approximate surface area is 105 Å². The zero-order valence-corrected chi connectivity index (χ0v) is 11.4. The maximum Gasteiger partial charge on any atom is 0.225 e. The lowest BCUT2D eigenvalue weighted by Gasteiger charge is -2.30. The number of nitrogens with zero attached hydrogens (tertiary/aromatic N) is 1. The largest absolute Gasteiger partial charge is 0.395 e. The van der Waals surface area contributed by atoms with Crippen molar-refractivity contribution in [2.45, 2.75) is 52.5 Å². The van der Waals surface area contributed by atoms with Crippen LogP contribution in [0.2, 0.25) is 0 Å². The summed E-state index contributed by atoms with van der Waals surface area (Å²) in [5.74, 6) is 0.0869. The second kappa shape index (κ2) is 10.5. The highest BCUT2D eigenvalue weighted by Gasteiger charge is 2.19. The number of carbonyl (C=O) groups is 1. The molecule has 0 aliphatic carbocycles. The van der Waals surface area contributed by atoms with Crippen molar-refractivity contribution in [3.8, 4) is 0 Å². The van der Waals surface area contributed by atoms with Gasteiger partial charge in [0.2, 0.25) is 5.91 Å². The van der Waals surface area contributed by atoms with E-state index in [0.717, 1.165) is 19.3 Å². The van der Waals surface area contributed by atoms with Crippen molar-refractivity contribution >= 4 is 5.91 Å². The summed E-state index contributed by atoms with van der Waals surface area (Å²) in [6.45, 7) is 7.83. The third kappa shape index (κ3) is 6.64. The molecule has 0 radical (unpaired) electrons. The smallest absolute Gasteiger partial charge is 0.225 e. The van der Waals surface area contributed by atoms with Gasteiger partial charge in [-0.2, -0.15) is 0 Å². The molecule has 0 heterocycles. The Hall–Kier alpha value is -0.610. The first kappa shape index (κ1) is 16.4. The molecule has 1 amide bonds. The molecule has 0 fully saturated rings. The van der Waals surface area contributed by atoms with Crippen molar-refractivity contribution < 1.29 is 14.6 Å². The molecular formula is C13H27NO3. The number of ether oxygens (including phenoxy) is 1. The van der Waals surface area contributed by atoms with E-state index in [-0.39, 0.29) is 18.6 Å². The van der Waals surface area contributed by atoms with Crippen molar-refractivity contribution in [2.75, 3.05) is 26.4 Å². The Bertz CT molecular complexity index is 193. The molecule has 4 heteroatoms. The van der Waals surface area contributed by atoms with Crippen LogP contribution >= 0.6 is 0 Å². The average Bonchev–Trinajstić information content (AvgIpc) is 2.34. The van der Waals surface area contributed by atoms with Crippen molar-refractivity contribution in [2.24, 2.45) is 0 Å². The van der Waals surface area contributed by atoms with Gasteiger partial charge in [0.15, 0.2) is 0 Å². The SMILES string of the molecule is CCCOCCC(=O)N(CCO)C(CC)CC. The Morgan fingerprint density at radius 3 is 2.35 bits per heavy atom. The van der Waals surface area contributed by atoms with Gasteiger partial charge in [-0.1, -0.05) is 20.8 Å². The van der Waals surface area contributed by atoms with Crippen LogP contribution in [0.1, 0.15) is 46.5 Å². The minimum absolute atomic E-state index is 0.0259. The van der Waals surface area contributed by atoms with Crippen LogP contribution in [0.25, 0.3) is 0 Å². The molecule has 0 aromatic heterocycles. The van der Waals surface area contributed by atoms with Gasteiger partial charge in [-0.25, -0.2) is 0 Å². The molecule has 17 heavy (non-hydrogen) atoms. The minimum atomic E-state index is 0.0259. The molecule has 0 aliphatic heterocycles. The quantitative estimate of drug-likeness (QED) is 0.597. The third-order valence-corrected chi connectivity index (χ3v) is 2.85. The summed E-state index contributed by atoms with van der Waals surface area (Å²) in [4.78, 5) is 13.8. The standard InChI is InChI=1S/C13H27NO3/c1-4-10-17-11-7-13(16)14(8-9-15)12(5-2)6-3/h12,15H,4-11H2,1-3H3. The van der Waals surface area contributed by atoms with Gasteiger partial charge in [0.25, 0.3) is 0 Å². The molecular weight excluding hydrogens is 218 g/mol. The zero-order chi connectivity index (χ0) is 13.1. The second-order valence-corrected chi connectivity index (χ2v) is 4.14. The van der Waals surface area contributed by atoms with Crippen molar-refractivity contribution in [3.63, 3.8) is 0 Å². The fraction of sp³-hybridized carbons (Fsp3) is 0.923. The minimum Gasteiger partial charge on any atom is -0.395 e. The lowest BCUT2D eigenvalue weighted by Crippen LogP contribution is -2.41. The topological polar surface area (TPSA) is 49.8 Å². The molecule has 0 rings (SSSR count). The normalized spacial score (nSPS) is 10.9. The Morgan fingerprint density at radius 1 is 1.24 bits per heavy atom. The van der Waals surface area contributed by atoms with Gasteiger partial charge >= 0.3 is 0 Å². The molecule has 0 aromatic carbocycles. The molecule has 0 bridgehead atoms. The fourth-order valence-electron chi connectivity index (χ4n) is 1.90. The maximum absolute atomic E-state index is 12.0. The van der Waals surface area contributed by atoms with Gasteiger partial charge < -0.3 is 14.7 Å². The summed E-state index contributed by atoms with van der Waals surface area (Å²) in [6.07, 6.45) is 3.24. The van der Waals surface area contributed by atoms with Crippen LogP contribution in [-0.4, -0.2) is 48.3 Å². The van der Waals surface area contributed by atoms with E-state index in [0.29, 0.717) is 26.2 Å². The maximum atomic E-state index is 12.0. The second-order valence-electron chi connectivity index (χ2n) is 4.14. The lowest BCUT2D eigenvalue weighted by molar-refractivity contribution is -0.135. The van der Waals surface area contributed by atoms with Crippen LogP contribution in [0.3, 0.4) is 0 Å². The van der Waals surface area contributed by atoms with Crippen LogP contribution in [0.4, 0.5) is 0 Å². The van der Waals surface area contributed by atoms with E-state index < -0.39 is 0 Å². The number of hydrogen-bond acceptors (Lipinski definition) is 3. The molecule has 0 spiro atoms. The van der Waals surface area contributed by atoms with Crippen LogP contribution in [0, 0.1) is 0 Å². The number of amides is 1. The third-order valence-electron chi connectivity index (χ3n) is 2.85. The van der Waals surface area contributed by atoms with E-state index in [1.807, 2.05) is 6.92 Å². The fourth-order valence-corrected chi connectivity index (χ4v) is 1.90. The molecule has 0 aromatic rings. The van der Waals surface area contributed by atoms with Gasteiger partial charge in [-0.3, -0.25) is 4.79 Å². The monoisotopic (exact) mass is 245 g/mol. The molecule has 0 atom stereocenters. The molecule has 1 N–H and O–H groups in total. The van der Waals surface area contributed by atoms with Crippen molar-refractivity contribution in [1.82, 2.24) is 4.90 Å². The first-order valence-electron chi connectivity index (χ1n) is 6.69. The number of aliphatic hydroxyl groups excluding tert-OH is 1. The molecule has 0 saturated carbocycles. The Morgan fingerprint density at radius 2 is 1.88 bits per heavy atom. The van der Waals surface area contributed by atoms with Crippen molar-refractivity contribution in [1.29, 1.82) is 0 Å². The van der Waals surface area contributed by atoms with E-state index in [2.05, 4.69) is 13.8 Å². The number of carbonyl (C=O) groups excluding carboxylic acids is 1. The molecule has 4 nitrogen and oxygen atoms in total. The van der Waals surface area contributed by atoms with Crippen LogP contribution < -0.4 is 0 Å². The van der Waals surface area contributed by atoms with Gasteiger partial charge in [-0.05, 0) is 19.3 Å². The highest BCUT2D eigenvalue weighted by atomic mass is 16.5. The predicted octanol–water partition coefficient (Wildman–Crippen LogP) is 1.81. The van der Waals surface area contributed by atoms with E-state index in [4.69, 9.17) is 9.84 Å². The molecule has 0 unspecified atom stereocenters. The first-order valence-corrected chi connectivity index (χ1v) is 6.69. The molecule has 0 aliphatic rings. The summed E-state index contributed by atoms with van der Waals surface area (Å²) in [6, 6.07) is 0.237. The highest BCUT2D eigenvalue weighted by Crippen LogP contribution is 2.10. The molecule has 0 saturated heterocycles.